The van der Waals surface area contributed by atoms with Gasteiger partial charge < -0.3 is 14.5 Å². The third kappa shape index (κ3) is 4.99. The van der Waals surface area contributed by atoms with Crippen molar-refractivity contribution in [3.63, 3.8) is 0 Å². The van der Waals surface area contributed by atoms with Crippen molar-refractivity contribution in [1.82, 2.24) is 14.7 Å². The zero-order valence-electron chi connectivity index (χ0n) is 13.9. The molecule has 1 aliphatic heterocycles. The van der Waals surface area contributed by atoms with E-state index in [0.717, 1.165) is 32.0 Å². The van der Waals surface area contributed by atoms with E-state index in [-0.39, 0.29) is 0 Å². The van der Waals surface area contributed by atoms with Gasteiger partial charge in [0.15, 0.2) is 0 Å². The first-order valence-corrected chi connectivity index (χ1v) is 7.80. The molecular weight excluding hydrogens is 262 g/mol. The Balaban J connectivity index is 1.91. The highest BCUT2D eigenvalue weighted by atomic mass is 16.5. The summed E-state index contributed by atoms with van der Waals surface area (Å²) in [6.07, 6.45) is 1.26. The lowest BCUT2D eigenvalue weighted by molar-refractivity contribution is 0.246. The van der Waals surface area contributed by atoms with Crippen molar-refractivity contribution in [1.29, 1.82) is 0 Å². The highest BCUT2D eigenvalue weighted by Gasteiger charge is 2.24. The number of hydrogen-bond donors (Lipinski definition) is 0. The first-order valence-electron chi connectivity index (χ1n) is 7.80. The van der Waals surface area contributed by atoms with E-state index in [9.17, 15) is 0 Å². The van der Waals surface area contributed by atoms with E-state index in [4.69, 9.17) is 4.74 Å². The SMILES string of the molecule is CN(C)CCOc1ccccc1CN1CCC(N(C)C)C1. The maximum Gasteiger partial charge on any atom is 0.123 e. The van der Waals surface area contributed by atoms with Crippen LogP contribution in [0, 0.1) is 0 Å². The van der Waals surface area contributed by atoms with Gasteiger partial charge in [-0.25, -0.2) is 0 Å². The Bertz CT molecular complexity index is 434. The number of hydrogen-bond acceptors (Lipinski definition) is 4. The summed E-state index contributed by atoms with van der Waals surface area (Å²) in [5.41, 5.74) is 1.30. The molecule has 1 aromatic carbocycles. The van der Waals surface area contributed by atoms with Crippen molar-refractivity contribution in [2.75, 3.05) is 54.4 Å². The number of benzene rings is 1. The molecule has 4 heteroatoms. The number of rotatable bonds is 7. The highest BCUT2D eigenvalue weighted by Crippen LogP contribution is 2.23. The topological polar surface area (TPSA) is 19.0 Å². The summed E-state index contributed by atoms with van der Waals surface area (Å²) in [6, 6.07) is 9.12. The smallest absolute Gasteiger partial charge is 0.123 e. The van der Waals surface area contributed by atoms with E-state index in [1.54, 1.807) is 0 Å². The molecule has 1 aliphatic rings. The first-order chi connectivity index (χ1) is 10.1. The second-order valence-electron chi connectivity index (χ2n) is 6.40. The molecule has 1 saturated heterocycles. The summed E-state index contributed by atoms with van der Waals surface area (Å²) in [7, 11) is 8.49. The van der Waals surface area contributed by atoms with Crippen molar-refractivity contribution in [3.05, 3.63) is 29.8 Å². The zero-order chi connectivity index (χ0) is 15.2. The fourth-order valence-electron chi connectivity index (χ4n) is 2.73. The van der Waals surface area contributed by atoms with Gasteiger partial charge in [-0.1, -0.05) is 18.2 Å². The Morgan fingerprint density at radius 3 is 2.62 bits per heavy atom. The number of nitrogens with zero attached hydrogens (tertiary/aromatic N) is 3. The van der Waals surface area contributed by atoms with Gasteiger partial charge >= 0.3 is 0 Å². The first kappa shape index (κ1) is 16.3. The van der Waals surface area contributed by atoms with Crippen LogP contribution in [-0.2, 0) is 6.54 Å². The largest absolute Gasteiger partial charge is 0.492 e. The van der Waals surface area contributed by atoms with Gasteiger partial charge in [0.1, 0.15) is 12.4 Å². The average Bonchev–Trinajstić information content (AvgIpc) is 2.89. The van der Waals surface area contributed by atoms with E-state index in [1.165, 1.54) is 18.5 Å². The van der Waals surface area contributed by atoms with Crippen LogP contribution in [0.15, 0.2) is 24.3 Å². The second-order valence-corrected chi connectivity index (χ2v) is 6.40. The van der Waals surface area contributed by atoms with Crippen molar-refractivity contribution in [2.24, 2.45) is 0 Å². The van der Waals surface area contributed by atoms with Crippen LogP contribution < -0.4 is 4.74 Å². The van der Waals surface area contributed by atoms with Gasteiger partial charge in [-0.2, -0.15) is 0 Å². The maximum atomic E-state index is 5.95. The van der Waals surface area contributed by atoms with Crippen LogP contribution in [0.2, 0.25) is 0 Å². The molecule has 0 radical (unpaired) electrons. The number of ether oxygens (including phenoxy) is 1. The normalized spacial score (nSPS) is 19.6. The Hall–Kier alpha value is -1.10. The molecule has 0 aliphatic carbocycles. The van der Waals surface area contributed by atoms with Gasteiger partial charge in [-0.05, 0) is 40.7 Å². The molecule has 2 rings (SSSR count). The molecule has 0 spiro atoms. The summed E-state index contributed by atoms with van der Waals surface area (Å²) in [4.78, 5) is 7.00. The number of likely N-dealkylation sites (N-methyl/N-ethyl adjacent to an activating group) is 2. The molecule has 1 aromatic rings. The van der Waals surface area contributed by atoms with Gasteiger partial charge in [0.05, 0.1) is 0 Å². The van der Waals surface area contributed by atoms with E-state index in [0.29, 0.717) is 6.04 Å². The Kier molecular flexibility index (Phi) is 6.03. The van der Waals surface area contributed by atoms with Gasteiger partial charge in [0, 0.05) is 37.8 Å². The van der Waals surface area contributed by atoms with Crippen LogP contribution in [0.1, 0.15) is 12.0 Å². The van der Waals surface area contributed by atoms with Crippen LogP contribution in [0.4, 0.5) is 0 Å². The minimum atomic E-state index is 0.687. The lowest BCUT2D eigenvalue weighted by atomic mass is 10.2. The Morgan fingerprint density at radius 2 is 1.95 bits per heavy atom. The van der Waals surface area contributed by atoms with Crippen LogP contribution in [0.5, 0.6) is 5.75 Å². The minimum absolute atomic E-state index is 0.687. The van der Waals surface area contributed by atoms with Crippen LogP contribution in [0.3, 0.4) is 0 Å². The zero-order valence-corrected chi connectivity index (χ0v) is 13.9. The molecule has 118 valence electrons. The van der Waals surface area contributed by atoms with E-state index in [2.05, 4.69) is 67.2 Å². The molecule has 0 saturated carbocycles. The van der Waals surface area contributed by atoms with E-state index < -0.39 is 0 Å². The van der Waals surface area contributed by atoms with Crippen molar-refractivity contribution in [2.45, 2.75) is 19.0 Å². The predicted molar refractivity (Wildman–Crippen MR) is 87.9 cm³/mol. The van der Waals surface area contributed by atoms with E-state index in [1.807, 2.05) is 0 Å². The minimum Gasteiger partial charge on any atom is -0.492 e. The van der Waals surface area contributed by atoms with Crippen molar-refractivity contribution < 1.29 is 4.74 Å². The lowest BCUT2D eigenvalue weighted by Crippen LogP contribution is -2.31. The van der Waals surface area contributed by atoms with Crippen LogP contribution in [-0.4, -0.2) is 75.2 Å². The molecule has 21 heavy (non-hydrogen) atoms. The molecule has 1 fully saturated rings. The fourth-order valence-corrected chi connectivity index (χ4v) is 2.73. The fraction of sp³-hybridized carbons (Fsp3) is 0.647. The number of likely N-dealkylation sites (tertiary alicyclic amines) is 1. The number of para-hydroxylation sites is 1. The molecule has 4 nitrogen and oxygen atoms in total. The van der Waals surface area contributed by atoms with Crippen LogP contribution in [0.25, 0.3) is 0 Å². The second kappa shape index (κ2) is 7.78. The third-order valence-electron chi connectivity index (χ3n) is 4.14. The summed E-state index contributed by atoms with van der Waals surface area (Å²) in [5.74, 6) is 1.03. The summed E-state index contributed by atoms with van der Waals surface area (Å²) in [5, 5.41) is 0. The molecular formula is C17H29N3O. The predicted octanol–water partition coefficient (Wildman–Crippen LogP) is 1.76. The molecule has 1 atom stereocenters. The van der Waals surface area contributed by atoms with Gasteiger partial charge in [0.25, 0.3) is 0 Å². The summed E-state index contributed by atoms with van der Waals surface area (Å²) < 4.78 is 5.95. The summed E-state index contributed by atoms with van der Waals surface area (Å²) >= 11 is 0. The lowest BCUT2D eigenvalue weighted by Gasteiger charge is -2.21. The van der Waals surface area contributed by atoms with E-state index >= 15 is 0 Å². The van der Waals surface area contributed by atoms with Crippen LogP contribution >= 0.6 is 0 Å². The average molecular weight is 291 g/mol. The highest BCUT2D eigenvalue weighted by molar-refractivity contribution is 5.33. The Morgan fingerprint density at radius 1 is 1.19 bits per heavy atom. The molecule has 1 heterocycles. The summed E-state index contributed by atoms with van der Waals surface area (Å²) in [6.45, 7) is 5.00. The quantitative estimate of drug-likeness (QED) is 0.762. The standard InChI is InChI=1S/C17H29N3O/c1-18(2)11-12-21-17-8-6-5-7-15(17)13-20-10-9-16(14-20)19(3)4/h5-8,16H,9-14H2,1-4H3. The Labute approximate surface area is 129 Å². The maximum absolute atomic E-state index is 5.95. The van der Waals surface area contributed by atoms with Crippen molar-refractivity contribution >= 4 is 0 Å². The van der Waals surface area contributed by atoms with Gasteiger partial charge in [-0.15, -0.1) is 0 Å². The molecule has 0 N–H and O–H groups in total. The molecule has 1 unspecified atom stereocenters. The molecule has 0 bridgehead atoms. The monoisotopic (exact) mass is 291 g/mol. The third-order valence-corrected chi connectivity index (χ3v) is 4.14. The van der Waals surface area contributed by atoms with Gasteiger partial charge in [-0.3, -0.25) is 4.90 Å². The molecule has 0 aromatic heterocycles. The molecule has 0 amide bonds. The van der Waals surface area contributed by atoms with Gasteiger partial charge in [0.2, 0.25) is 0 Å². The van der Waals surface area contributed by atoms with Crippen molar-refractivity contribution in [3.8, 4) is 5.75 Å².